The number of anilines is 1. The van der Waals surface area contributed by atoms with Crippen LogP contribution in [0.2, 0.25) is 0 Å². The Morgan fingerprint density at radius 3 is 2.76 bits per heavy atom. The van der Waals surface area contributed by atoms with Gasteiger partial charge in [-0.15, -0.1) is 11.8 Å². The van der Waals surface area contributed by atoms with Gasteiger partial charge < -0.3 is 10.3 Å². The van der Waals surface area contributed by atoms with Crippen LogP contribution in [0.5, 0.6) is 0 Å². The van der Waals surface area contributed by atoms with Gasteiger partial charge in [0.05, 0.1) is 6.33 Å². The van der Waals surface area contributed by atoms with E-state index in [1.165, 1.54) is 16.8 Å². The van der Waals surface area contributed by atoms with Crippen molar-refractivity contribution in [2.75, 3.05) is 11.5 Å². The second-order valence-electron chi connectivity index (χ2n) is 4.88. The van der Waals surface area contributed by atoms with Crippen LogP contribution in [0.15, 0.2) is 41.8 Å². The molecule has 0 atom stereocenters. The minimum Gasteiger partial charge on any atom is -0.382 e. The van der Waals surface area contributed by atoms with E-state index in [-0.39, 0.29) is 0 Å². The predicted molar refractivity (Wildman–Crippen MR) is 86.3 cm³/mol. The lowest BCUT2D eigenvalue weighted by molar-refractivity contribution is 0.696. The van der Waals surface area contributed by atoms with Crippen LogP contribution in [0.25, 0.3) is 11.2 Å². The highest BCUT2D eigenvalue weighted by atomic mass is 32.2. The summed E-state index contributed by atoms with van der Waals surface area (Å²) in [6.45, 7) is 2.98. The molecule has 0 unspecified atom stereocenters. The highest BCUT2D eigenvalue weighted by molar-refractivity contribution is 7.99. The Morgan fingerprint density at radius 2 is 1.95 bits per heavy atom. The van der Waals surface area contributed by atoms with Crippen LogP contribution in [0.4, 0.5) is 5.82 Å². The molecular formula is C15H17N5S. The molecule has 0 bridgehead atoms. The standard InChI is InChI=1S/C15H17N5S/c1-11-3-5-12(6-4-11)21-8-2-7-20-10-19-13-14(16)17-9-18-15(13)20/h3-6,9-10H,2,7-8H2,1H3,(H2,16,17,18). The monoisotopic (exact) mass is 299 g/mol. The molecule has 2 aromatic heterocycles. The summed E-state index contributed by atoms with van der Waals surface area (Å²) in [4.78, 5) is 13.8. The summed E-state index contributed by atoms with van der Waals surface area (Å²) in [5, 5.41) is 0. The minimum absolute atomic E-state index is 0.438. The zero-order valence-corrected chi connectivity index (χ0v) is 12.7. The molecule has 0 spiro atoms. The number of rotatable bonds is 5. The highest BCUT2D eigenvalue weighted by Gasteiger charge is 2.07. The maximum Gasteiger partial charge on any atom is 0.165 e. The molecule has 2 N–H and O–H groups in total. The van der Waals surface area contributed by atoms with Gasteiger partial charge in [0.25, 0.3) is 0 Å². The number of hydrogen-bond acceptors (Lipinski definition) is 5. The summed E-state index contributed by atoms with van der Waals surface area (Å²) in [6.07, 6.45) is 4.32. The third-order valence-corrected chi connectivity index (χ3v) is 4.36. The van der Waals surface area contributed by atoms with Crippen molar-refractivity contribution < 1.29 is 0 Å². The van der Waals surface area contributed by atoms with Gasteiger partial charge in [-0.05, 0) is 31.2 Å². The Balaban J connectivity index is 1.57. The van der Waals surface area contributed by atoms with E-state index >= 15 is 0 Å². The van der Waals surface area contributed by atoms with Gasteiger partial charge in [-0.3, -0.25) is 0 Å². The lowest BCUT2D eigenvalue weighted by Gasteiger charge is -2.04. The fraction of sp³-hybridized carbons (Fsp3) is 0.267. The van der Waals surface area contributed by atoms with E-state index in [1.54, 1.807) is 6.33 Å². The van der Waals surface area contributed by atoms with Gasteiger partial charge in [-0.2, -0.15) is 0 Å². The minimum atomic E-state index is 0.438. The molecule has 0 aliphatic heterocycles. The highest BCUT2D eigenvalue weighted by Crippen LogP contribution is 2.20. The second-order valence-corrected chi connectivity index (χ2v) is 6.05. The van der Waals surface area contributed by atoms with Crippen molar-refractivity contribution in [3.05, 3.63) is 42.5 Å². The molecule has 0 aliphatic rings. The van der Waals surface area contributed by atoms with E-state index in [9.17, 15) is 0 Å². The number of nitrogens with two attached hydrogens (primary N) is 1. The third-order valence-electron chi connectivity index (χ3n) is 3.26. The van der Waals surface area contributed by atoms with Crippen LogP contribution in [-0.2, 0) is 6.54 Å². The Bertz CT molecular complexity index is 735. The number of fused-ring (bicyclic) bond motifs is 1. The molecule has 0 amide bonds. The second kappa shape index (κ2) is 6.13. The Labute approximate surface area is 127 Å². The summed E-state index contributed by atoms with van der Waals surface area (Å²) in [7, 11) is 0. The molecule has 1 aromatic carbocycles. The summed E-state index contributed by atoms with van der Waals surface area (Å²) in [5.41, 5.74) is 8.57. The molecule has 5 nitrogen and oxygen atoms in total. The molecule has 6 heteroatoms. The first-order valence-electron chi connectivity index (χ1n) is 6.85. The smallest absolute Gasteiger partial charge is 0.165 e. The van der Waals surface area contributed by atoms with Crippen molar-refractivity contribution in [2.24, 2.45) is 0 Å². The van der Waals surface area contributed by atoms with Crippen molar-refractivity contribution in [1.82, 2.24) is 19.5 Å². The molecule has 0 saturated heterocycles. The van der Waals surface area contributed by atoms with Crippen LogP contribution in [-0.4, -0.2) is 25.3 Å². The summed E-state index contributed by atoms with van der Waals surface area (Å²) in [6, 6.07) is 8.62. The van der Waals surface area contributed by atoms with Gasteiger partial charge in [0.1, 0.15) is 11.8 Å². The van der Waals surface area contributed by atoms with Gasteiger partial charge >= 0.3 is 0 Å². The summed E-state index contributed by atoms with van der Waals surface area (Å²) < 4.78 is 2.03. The zero-order valence-electron chi connectivity index (χ0n) is 11.9. The number of thioether (sulfide) groups is 1. The molecule has 3 rings (SSSR count). The van der Waals surface area contributed by atoms with Crippen molar-refractivity contribution in [2.45, 2.75) is 24.8 Å². The molecule has 0 saturated carbocycles. The van der Waals surface area contributed by atoms with E-state index in [4.69, 9.17) is 5.73 Å². The normalized spacial score (nSPS) is 11.1. The maximum absolute atomic E-state index is 5.78. The maximum atomic E-state index is 5.78. The molecule has 0 fully saturated rings. The van der Waals surface area contributed by atoms with Crippen molar-refractivity contribution >= 4 is 28.7 Å². The van der Waals surface area contributed by atoms with E-state index in [2.05, 4.69) is 46.1 Å². The van der Waals surface area contributed by atoms with E-state index in [1.807, 2.05) is 16.3 Å². The Morgan fingerprint density at radius 1 is 1.14 bits per heavy atom. The number of nitrogen functional groups attached to an aromatic ring is 1. The van der Waals surface area contributed by atoms with E-state index in [0.717, 1.165) is 24.4 Å². The first kappa shape index (κ1) is 13.9. The Kier molecular flexibility index (Phi) is 4.06. The molecule has 2 heterocycles. The fourth-order valence-corrected chi connectivity index (χ4v) is 2.96. The van der Waals surface area contributed by atoms with Crippen LogP contribution in [0, 0.1) is 6.92 Å². The molecule has 108 valence electrons. The summed E-state index contributed by atoms with van der Waals surface area (Å²) in [5.74, 6) is 1.50. The van der Waals surface area contributed by atoms with Crippen LogP contribution >= 0.6 is 11.8 Å². The molecular weight excluding hydrogens is 282 g/mol. The number of imidazole rings is 1. The lowest BCUT2D eigenvalue weighted by atomic mass is 10.2. The van der Waals surface area contributed by atoms with Crippen molar-refractivity contribution in [3.63, 3.8) is 0 Å². The number of hydrogen-bond donors (Lipinski definition) is 1. The van der Waals surface area contributed by atoms with Crippen LogP contribution < -0.4 is 5.73 Å². The molecule has 3 aromatic rings. The summed E-state index contributed by atoms with van der Waals surface area (Å²) >= 11 is 1.87. The van der Waals surface area contributed by atoms with Crippen LogP contribution in [0.3, 0.4) is 0 Å². The topological polar surface area (TPSA) is 69.6 Å². The largest absolute Gasteiger partial charge is 0.382 e. The number of aryl methyl sites for hydroxylation is 2. The predicted octanol–water partition coefficient (Wildman–Crippen LogP) is 2.90. The third kappa shape index (κ3) is 3.16. The molecule has 21 heavy (non-hydrogen) atoms. The lowest BCUT2D eigenvalue weighted by Crippen LogP contribution is -2.00. The molecule has 0 aliphatic carbocycles. The number of aromatic nitrogens is 4. The fourth-order valence-electron chi connectivity index (χ4n) is 2.12. The van der Waals surface area contributed by atoms with Crippen molar-refractivity contribution in [1.29, 1.82) is 0 Å². The van der Waals surface area contributed by atoms with E-state index < -0.39 is 0 Å². The first-order chi connectivity index (χ1) is 10.2. The first-order valence-corrected chi connectivity index (χ1v) is 7.83. The zero-order chi connectivity index (χ0) is 14.7. The van der Waals surface area contributed by atoms with Gasteiger partial charge in [0, 0.05) is 11.4 Å². The molecule has 0 radical (unpaired) electrons. The van der Waals surface area contributed by atoms with Gasteiger partial charge in [-0.1, -0.05) is 17.7 Å². The Hall–Kier alpha value is -2.08. The van der Waals surface area contributed by atoms with Gasteiger partial charge in [0.2, 0.25) is 0 Å². The average molecular weight is 299 g/mol. The van der Waals surface area contributed by atoms with Gasteiger partial charge in [0.15, 0.2) is 11.5 Å². The SMILES string of the molecule is Cc1ccc(SCCCn2cnc3c(N)ncnc32)cc1. The quantitative estimate of drug-likeness (QED) is 0.579. The number of nitrogens with zero attached hydrogens (tertiary/aromatic N) is 4. The van der Waals surface area contributed by atoms with Crippen molar-refractivity contribution in [3.8, 4) is 0 Å². The average Bonchev–Trinajstić information content (AvgIpc) is 2.90. The van der Waals surface area contributed by atoms with Crippen LogP contribution in [0.1, 0.15) is 12.0 Å². The van der Waals surface area contributed by atoms with E-state index in [0.29, 0.717) is 11.3 Å². The van der Waals surface area contributed by atoms with Gasteiger partial charge in [-0.25, -0.2) is 15.0 Å². The number of benzene rings is 1.